The van der Waals surface area contributed by atoms with Crippen LogP contribution >= 0.6 is 0 Å². The smallest absolute Gasteiger partial charge is 0.140 e. The van der Waals surface area contributed by atoms with Crippen LogP contribution in [0.4, 0.5) is 0 Å². The van der Waals surface area contributed by atoms with Gasteiger partial charge in [-0.15, -0.1) is 0 Å². The topological polar surface area (TPSA) is 17.8 Å². The molecule has 2 heteroatoms. The van der Waals surface area contributed by atoms with Crippen molar-refractivity contribution in [1.82, 2.24) is 9.55 Å². The first kappa shape index (κ1) is 8.70. The van der Waals surface area contributed by atoms with Gasteiger partial charge in [-0.25, -0.2) is 4.98 Å². The van der Waals surface area contributed by atoms with E-state index >= 15 is 0 Å². The minimum atomic E-state index is 0.322. The van der Waals surface area contributed by atoms with Crippen LogP contribution in [0.3, 0.4) is 0 Å². The molecule has 2 aliphatic rings. The largest absolute Gasteiger partial charge is 0.319 e. The molecule has 2 heterocycles. The molecule has 5 rings (SSSR count). The first-order valence-corrected chi connectivity index (χ1v) is 6.20. The highest BCUT2D eigenvalue weighted by Crippen LogP contribution is 2.49. The van der Waals surface area contributed by atoms with Crippen molar-refractivity contribution in [1.29, 1.82) is 0 Å². The first-order valence-electron chi connectivity index (χ1n) is 6.20. The fourth-order valence-corrected chi connectivity index (χ4v) is 3.37. The van der Waals surface area contributed by atoms with Crippen molar-refractivity contribution >= 4 is 0 Å². The Morgan fingerprint density at radius 1 is 0.944 bits per heavy atom. The summed E-state index contributed by atoms with van der Waals surface area (Å²) in [6.45, 7) is 0. The van der Waals surface area contributed by atoms with Gasteiger partial charge in [0.1, 0.15) is 5.82 Å². The molecule has 0 radical (unpaired) electrons. The predicted octanol–water partition coefficient (Wildman–Crippen LogP) is 3.48. The zero-order chi connectivity index (χ0) is 11.7. The highest BCUT2D eigenvalue weighted by atomic mass is 15.1. The normalized spacial score (nSPS) is 17.4. The van der Waals surface area contributed by atoms with Gasteiger partial charge in [0.05, 0.1) is 6.04 Å². The third-order valence-electron chi connectivity index (χ3n) is 4.10. The van der Waals surface area contributed by atoms with Crippen LogP contribution in [-0.4, -0.2) is 9.55 Å². The van der Waals surface area contributed by atoms with Gasteiger partial charge in [0.25, 0.3) is 0 Å². The van der Waals surface area contributed by atoms with Crippen LogP contribution in [0.5, 0.6) is 0 Å². The third-order valence-corrected chi connectivity index (χ3v) is 4.10. The maximum absolute atomic E-state index is 4.49. The van der Waals surface area contributed by atoms with Gasteiger partial charge < -0.3 is 4.57 Å². The van der Waals surface area contributed by atoms with Crippen LogP contribution in [0.25, 0.3) is 22.5 Å². The van der Waals surface area contributed by atoms with E-state index in [9.17, 15) is 0 Å². The lowest BCUT2D eigenvalue weighted by Crippen LogP contribution is -2.13. The van der Waals surface area contributed by atoms with E-state index in [2.05, 4.69) is 58.2 Å². The number of rotatable bonds is 0. The number of hydrogen-bond acceptors (Lipinski definition) is 1. The molecule has 0 amide bonds. The monoisotopic (exact) mass is 230 g/mol. The molecule has 18 heavy (non-hydrogen) atoms. The van der Waals surface area contributed by atoms with Crippen LogP contribution in [0.1, 0.15) is 17.2 Å². The first-order chi connectivity index (χ1) is 8.93. The molecule has 1 atom stereocenters. The second kappa shape index (κ2) is 2.72. The fraction of sp³-hybridized carbons (Fsp3) is 0.0625. The van der Waals surface area contributed by atoms with Gasteiger partial charge in [-0.1, -0.05) is 36.4 Å². The van der Waals surface area contributed by atoms with Crippen LogP contribution < -0.4 is 0 Å². The minimum Gasteiger partial charge on any atom is -0.319 e. The number of fused-ring (bicyclic) bond motifs is 7. The zero-order valence-electron chi connectivity index (χ0n) is 9.67. The van der Waals surface area contributed by atoms with Gasteiger partial charge in [0.2, 0.25) is 0 Å². The molecular weight excluding hydrogens is 220 g/mol. The Kier molecular flexibility index (Phi) is 1.32. The lowest BCUT2D eigenvalue weighted by atomic mass is 9.98. The molecule has 84 valence electrons. The van der Waals surface area contributed by atoms with Crippen molar-refractivity contribution in [2.45, 2.75) is 6.04 Å². The van der Waals surface area contributed by atoms with E-state index < -0.39 is 0 Å². The van der Waals surface area contributed by atoms with Gasteiger partial charge in [-0.2, -0.15) is 0 Å². The van der Waals surface area contributed by atoms with E-state index in [0.717, 1.165) is 5.82 Å². The summed E-state index contributed by atoms with van der Waals surface area (Å²) in [7, 11) is 0. The van der Waals surface area contributed by atoms with Crippen LogP contribution in [0.15, 0.2) is 54.9 Å². The number of aromatic nitrogens is 2. The Morgan fingerprint density at radius 2 is 1.83 bits per heavy atom. The molecule has 0 spiro atoms. The van der Waals surface area contributed by atoms with Crippen molar-refractivity contribution in [2.24, 2.45) is 0 Å². The van der Waals surface area contributed by atoms with E-state index in [4.69, 9.17) is 0 Å². The molecule has 1 aliphatic heterocycles. The van der Waals surface area contributed by atoms with Crippen LogP contribution in [0.2, 0.25) is 0 Å². The average Bonchev–Trinajstić information content (AvgIpc) is 3.00. The standard InChI is InChI=1S/C16H10N2/c1-2-4-13-11(3-1)12-6-5-10-9-14(12)15(13)18-8-7-17-16(10)18/h1-9,15H. The third kappa shape index (κ3) is 0.819. The highest BCUT2D eigenvalue weighted by molar-refractivity contribution is 5.83. The van der Waals surface area contributed by atoms with Crippen molar-refractivity contribution in [3.05, 3.63) is 66.0 Å². The molecule has 2 nitrogen and oxygen atoms in total. The highest BCUT2D eigenvalue weighted by Gasteiger charge is 2.34. The molecule has 0 saturated carbocycles. The number of hydrogen-bond donors (Lipinski definition) is 0. The van der Waals surface area contributed by atoms with Crippen molar-refractivity contribution in [3.63, 3.8) is 0 Å². The zero-order valence-corrected chi connectivity index (χ0v) is 9.67. The molecule has 0 saturated heterocycles. The molecule has 1 aromatic heterocycles. The van der Waals surface area contributed by atoms with Crippen LogP contribution in [-0.2, 0) is 0 Å². The summed E-state index contributed by atoms with van der Waals surface area (Å²) in [6, 6.07) is 15.7. The number of imidazole rings is 1. The maximum Gasteiger partial charge on any atom is 0.140 e. The summed E-state index contributed by atoms with van der Waals surface area (Å²) >= 11 is 0. The Morgan fingerprint density at radius 3 is 2.83 bits per heavy atom. The number of benzene rings is 2. The minimum absolute atomic E-state index is 0.322. The Labute approximate surface area is 105 Å². The quantitative estimate of drug-likeness (QED) is 0.398. The summed E-state index contributed by atoms with van der Waals surface area (Å²) in [4.78, 5) is 4.49. The molecule has 3 aromatic rings. The Balaban J connectivity index is 2.00. The van der Waals surface area contributed by atoms with Crippen LogP contribution in [0, 0.1) is 0 Å². The Hall–Kier alpha value is -2.35. The van der Waals surface area contributed by atoms with E-state index in [1.165, 1.54) is 27.8 Å². The van der Waals surface area contributed by atoms with Crippen molar-refractivity contribution in [3.8, 4) is 22.5 Å². The Bertz CT molecular complexity index is 798. The lowest BCUT2D eigenvalue weighted by molar-refractivity contribution is 0.690. The van der Waals surface area contributed by atoms with Crippen molar-refractivity contribution < 1.29 is 0 Å². The summed E-state index contributed by atoms with van der Waals surface area (Å²) in [5, 5.41) is 0. The summed E-state index contributed by atoms with van der Waals surface area (Å²) < 4.78 is 2.29. The molecule has 1 unspecified atom stereocenters. The molecule has 2 bridgehead atoms. The van der Waals surface area contributed by atoms with Gasteiger partial charge in [-0.3, -0.25) is 0 Å². The average molecular weight is 230 g/mol. The molecule has 1 aliphatic carbocycles. The summed E-state index contributed by atoms with van der Waals surface area (Å²) in [5.41, 5.74) is 6.77. The molecule has 0 N–H and O–H groups in total. The van der Waals surface area contributed by atoms with E-state index in [1.807, 2.05) is 6.20 Å². The number of nitrogens with zero attached hydrogens (tertiary/aromatic N) is 2. The lowest BCUT2D eigenvalue weighted by Gasteiger charge is -2.23. The van der Waals surface area contributed by atoms with E-state index in [1.54, 1.807) is 0 Å². The van der Waals surface area contributed by atoms with Gasteiger partial charge in [-0.05, 0) is 28.3 Å². The van der Waals surface area contributed by atoms with Gasteiger partial charge >= 0.3 is 0 Å². The molecular formula is C16H10N2. The van der Waals surface area contributed by atoms with E-state index in [-0.39, 0.29) is 0 Å². The van der Waals surface area contributed by atoms with Crippen molar-refractivity contribution in [2.75, 3.05) is 0 Å². The summed E-state index contributed by atoms with van der Waals surface area (Å²) in [6.07, 6.45) is 3.98. The second-order valence-electron chi connectivity index (χ2n) is 4.95. The SMILES string of the molecule is c1ccc2c(c1)-c1ccc3cc1C2n1ccnc1-3. The summed E-state index contributed by atoms with van der Waals surface area (Å²) in [5.74, 6) is 1.08. The van der Waals surface area contributed by atoms with Gasteiger partial charge in [0, 0.05) is 18.0 Å². The fourth-order valence-electron chi connectivity index (χ4n) is 3.37. The molecule has 2 aromatic carbocycles. The predicted molar refractivity (Wildman–Crippen MR) is 70.3 cm³/mol. The molecule has 0 fully saturated rings. The second-order valence-corrected chi connectivity index (χ2v) is 4.95. The van der Waals surface area contributed by atoms with E-state index in [0.29, 0.717) is 6.04 Å². The maximum atomic E-state index is 4.49. The van der Waals surface area contributed by atoms with Gasteiger partial charge in [0.15, 0.2) is 0 Å².